The Morgan fingerprint density at radius 2 is 1.87 bits per heavy atom. The predicted molar refractivity (Wildman–Crippen MR) is 243 cm³/mol. The van der Waals surface area contributed by atoms with Gasteiger partial charge in [-0.1, -0.05) is 12.1 Å². The first-order valence-corrected chi connectivity index (χ1v) is 23.5. The van der Waals surface area contributed by atoms with Gasteiger partial charge >= 0.3 is 5.69 Å². The molecule has 4 atom stereocenters. The number of piperidine rings is 1. The number of anilines is 2. The number of amides is 3. The number of aryl methyl sites for hydroxylation is 2. The molecule has 4 aliphatic rings. The van der Waals surface area contributed by atoms with E-state index < -0.39 is 30.0 Å². The standard InChI is InChI=1S/C47H59F2N11O7/c1-28(61)31(9-6-20-66-19-5-8-30-7-4-10-37-42(30)56(3)47(65)60(37)38-15-16-40(62)53-46(38)64)24-55(2)23-29-11-13-32(14-12-29)59-26-36(41(54-59)43(48)49)51-45(63)35-22-50-58-18-17-39(52-44(35)58)57-25-34-21-33(57)27-67-34/h4,7,10,17-18,22,26,29,31-34,38,43H,5-6,8-9,11-16,19-21,23-25,27H2,1-3H3,(H,51,63)(H,53,62,64)/t29?,31?,32?,33-,34-,38?/m1/s1. The Morgan fingerprint density at radius 1 is 1.06 bits per heavy atom. The van der Waals surface area contributed by atoms with Gasteiger partial charge in [0.1, 0.15) is 23.2 Å². The third kappa shape index (κ3) is 9.78. The van der Waals surface area contributed by atoms with Gasteiger partial charge in [-0.15, -0.1) is 0 Å². The van der Waals surface area contributed by atoms with Crippen LogP contribution in [0.1, 0.15) is 111 Å². The zero-order valence-electron chi connectivity index (χ0n) is 38.2. The number of hydrogen-bond donors (Lipinski definition) is 2. The Hall–Kier alpha value is -5.86. The number of rotatable bonds is 19. The molecule has 2 bridgehead atoms. The number of carbonyl (C=O) groups excluding carboxylic acids is 4. The van der Waals surface area contributed by atoms with Gasteiger partial charge in [0.25, 0.3) is 12.3 Å². The summed E-state index contributed by atoms with van der Waals surface area (Å²) in [6.45, 7) is 5.48. The van der Waals surface area contributed by atoms with Crippen LogP contribution in [0.2, 0.25) is 0 Å². The van der Waals surface area contributed by atoms with E-state index in [1.54, 1.807) is 29.4 Å². The molecule has 2 N–H and O–H groups in total. The number of aromatic nitrogens is 7. The number of para-hydroxylation sites is 1. The Morgan fingerprint density at radius 3 is 2.60 bits per heavy atom. The van der Waals surface area contributed by atoms with Crippen molar-refractivity contribution in [2.24, 2.45) is 18.9 Å². The Labute approximate surface area is 385 Å². The zero-order chi connectivity index (χ0) is 46.9. The fraction of sp³-hybridized carbons (Fsp3) is 0.574. The molecule has 20 heteroatoms. The molecule has 1 aromatic carbocycles. The molecule has 4 fully saturated rings. The summed E-state index contributed by atoms with van der Waals surface area (Å²) in [5.74, 6) is -0.267. The number of morpholine rings is 1. The van der Waals surface area contributed by atoms with Crippen LogP contribution in [-0.4, -0.2) is 121 Å². The molecule has 7 heterocycles. The van der Waals surface area contributed by atoms with Gasteiger partial charge in [0.2, 0.25) is 11.8 Å². The highest BCUT2D eigenvalue weighted by molar-refractivity contribution is 6.08. The van der Waals surface area contributed by atoms with Crippen LogP contribution in [0.5, 0.6) is 0 Å². The summed E-state index contributed by atoms with van der Waals surface area (Å²) in [4.78, 5) is 73.0. The van der Waals surface area contributed by atoms with E-state index in [0.717, 1.165) is 74.9 Å². The van der Waals surface area contributed by atoms with Crippen LogP contribution >= 0.6 is 0 Å². The number of fused-ring (bicyclic) bond motifs is 4. The SMILES string of the molecule is CC(=O)C(CCCOCCCc1cccc2c1n(C)c(=O)n2C1CCC(=O)NC1=O)CN(C)CC1CCC(n2cc(NC(=O)c3cnn4ccc(N5C[C@H]6C[C@@H]5CO6)nc34)c(C(F)F)n2)CC1. The first kappa shape index (κ1) is 46.3. The number of imide groups is 1. The lowest BCUT2D eigenvalue weighted by atomic mass is 9.85. The third-order valence-electron chi connectivity index (χ3n) is 14.2. The maximum atomic E-state index is 14.3. The second-order valence-electron chi connectivity index (χ2n) is 18.8. The molecular weight excluding hydrogens is 869 g/mol. The highest BCUT2D eigenvalue weighted by Crippen LogP contribution is 2.36. The summed E-state index contributed by atoms with van der Waals surface area (Å²) in [6, 6.07) is 6.95. The maximum absolute atomic E-state index is 14.3. The van der Waals surface area contributed by atoms with Crippen LogP contribution in [0.4, 0.5) is 20.3 Å². The normalized spacial score (nSPS) is 22.4. The lowest BCUT2D eigenvalue weighted by Gasteiger charge is -2.32. The van der Waals surface area contributed by atoms with E-state index in [2.05, 4.69) is 30.6 Å². The molecule has 2 unspecified atom stereocenters. The molecule has 0 radical (unpaired) electrons. The van der Waals surface area contributed by atoms with Gasteiger partial charge < -0.3 is 24.6 Å². The molecule has 358 valence electrons. The van der Waals surface area contributed by atoms with E-state index in [1.165, 1.54) is 21.5 Å². The van der Waals surface area contributed by atoms with E-state index in [9.17, 15) is 32.8 Å². The summed E-state index contributed by atoms with van der Waals surface area (Å²) in [6.07, 6.45) is 9.42. The van der Waals surface area contributed by atoms with Crippen molar-refractivity contribution in [1.82, 2.24) is 43.7 Å². The first-order valence-electron chi connectivity index (χ1n) is 23.5. The van der Waals surface area contributed by atoms with Gasteiger partial charge in [0, 0.05) is 64.6 Å². The minimum atomic E-state index is -2.89. The van der Waals surface area contributed by atoms with Crippen molar-refractivity contribution >= 4 is 51.7 Å². The van der Waals surface area contributed by atoms with Gasteiger partial charge in [-0.25, -0.2) is 23.1 Å². The van der Waals surface area contributed by atoms with Crippen LogP contribution in [-0.2, 0) is 37.3 Å². The zero-order valence-corrected chi connectivity index (χ0v) is 38.2. The summed E-state index contributed by atoms with van der Waals surface area (Å²) >= 11 is 0. The van der Waals surface area contributed by atoms with E-state index in [-0.39, 0.29) is 65.6 Å². The molecule has 9 rings (SSSR count). The lowest BCUT2D eigenvalue weighted by Crippen LogP contribution is -2.44. The van der Waals surface area contributed by atoms with Gasteiger partial charge in [-0.2, -0.15) is 10.2 Å². The molecular formula is C47H59F2N11O7. The number of nitrogens with one attached hydrogen (secondary N) is 2. The number of ketones is 1. The minimum absolute atomic E-state index is 0.0320. The number of alkyl halides is 2. The average Bonchev–Trinajstić information content (AvgIpc) is 4.16. The molecule has 5 aromatic rings. The van der Waals surface area contributed by atoms with Gasteiger partial charge in [-0.3, -0.25) is 38.3 Å². The molecule has 1 aliphatic carbocycles. The molecule has 3 aliphatic heterocycles. The molecule has 1 saturated carbocycles. The molecule has 3 saturated heterocycles. The number of carbonyl (C=O) groups is 4. The number of halogens is 2. The van der Waals surface area contributed by atoms with Crippen molar-refractivity contribution < 1.29 is 37.4 Å². The fourth-order valence-corrected chi connectivity index (χ4v) is 10.7. The molecule has 67 heavy (non-hydrogen) atoms. The van der Waals surface area contributed by atoms with Crippen LogP contribution in [0, 0.1) is 11.8 Å². The van der Waals surface area contributed by atoms with Gasteiger partial charge in [0.15, 0.2) is 11.3 Å². The van der Waals surface area contributed by atoms with Crippen molar-refractivity contribution in [2.45, 2.75) is 108 Å². The summed E-state index contributed by atoms with van der Waals surface area (Å²) in [5.41, 5.74) is 2.13. The van der Waals surface area contributed by atoms with Crippen molar-refractivity contribution in [3.05, 3.63) is 70.2 Å². The smallest absolute Gasteiger partial charge is 0.329 e. The summed E-state index contributed by atoms with van der Waals surface area (Å²) in [7, 11) is 3.74. The van der Waals surface area contributed by atoms with Crippen molar-refractivity contribution in [3.8, 4) is 0 Å². The number of ether oxygens (including phenoxy) is 2. The van der Waals surface area contributed by atoms with Crippen LogP contribution in [0.25, 0.3) is 16.7 Å². The highest BCUT2D eigenvalue weighted by Gasteiger charge is 2.40. The van der Waals surface area contributed by atoms with E-state index in [4.69, 9.17) is 14.5 Å². The topological polar surface area (TPSA) is 192 Å². The molecule has 18 nitrogen and oxygen atoms in total. The van der Waals surface area contributed by atoms with Crippen LogP contribution in [0.15, 0.2) is 47.7 Å². The van der Waals surface area contributed by atoms with E-state index in [1.807, 2.05) is 31.3 Å². The third-order valence-corrected chi connectivity index (χ3v) is 14.2. The second kappa shape index (κ2) is 19.8. The minimum Gasteiger partial charge on any atom is -0.381 e. The van der Waals surface area contributed by atoms with Gasteiger partial charge in [-0.05, 0) is 102 Å². The lowest BCUT2D eigenvalue weighted by molar-refractivity contribution is -0.135. The Bertz CT molecular complexity index is 2700. The van der Waals surface area contributed by atoms with Crippen molar-refractivity contribution in [3.63, 3.8) is 0 Å². The maximum Gasteiger partial charge on any atom is 0.329 e. The Kier molecular flexibility index (Phi) is 13.7. The molecule has 3 amide bonds. The monoisotopic (exact) mass is 927 g/mol. The number of nitrogens with zero attached hydrogens (tertiary/aromatic N) is 9. The average molecular weight is 928 g/mol. The quantitative estimate of drug-likeness (QED) is 0.0832. The molecule has 0 spiro atoms. The van der Waals surface area contributed by atoms with Crippen molar-refractivity contribution in [1.29, 1.82) is 0 Å². The van der Waals surface area contributed by atoms with Crippen LogP contribution < -0.4 is 21.2 Å². The number of imidazole rings is 1. The number of Topliss-reactive ketones (excluding diaryl/α,β-unsaturated/α-hetero) is 1. The largest absolute Gasteiger partial charge is 0.381 e. The second-order valence-corrected chi connectivity index (χ2v) is 18.8. The number of hydrogen-bond acceptors (Lipinski definition) is 12. The summed E-state index contributed by atoms with van der Waals surface area (Å²) < 4.78 is 46.5. The van der Waals surface area contributed by atoms with E-state index in [0.29, 0.717) is 56.3 Å². The van der Waals surface area contributed by atoms with Crippen molar-refractivity contribution in [2.75, 3.05) is 56.7 Å². The van der Waals surface area contributed by atoms with E-state index >= 15 is 0 Å². The number of benzene rings is 1. The predicted octanol–water partition coefficient (Wildman–Crippen LogP) is 5.02. The fourth-order valence-electron chi connectivity index (χ4n) is 10.7. The highest BCUT2D eigenvalue weighted by atomic mass is 19.3. The molecule has 4 aromatic heterocycles. The summed E-state index contributed by atoms with van der Waals surface area (Å²) in [5, 5.41) is 13.6. The van der Waals surface area contributed by atoms with Crippen LogP contribution in [0.3, 0.4) is 0 Å². The van der Waals surface area contributed by atoms with Gasteiger partial charge in [0.05, 0.1) is 47.7 Å². The Balaban J connectivity index is 0.713. The first-order chi connectivity index (χ1) is 32.3.